The summed E-state index contributed by atoms with van der Waals surface area (Å²) in [6.45, 7) is 1.89. The molecule has 4 heteroatoms. The Labute approximate surface area is 112 Å². The molecule has 2 rings (SSSR count). The van der Waals surface area contributed by atoms with E-state index in [1.54, 1.807) is 42.4 Å². The Kier molecular flexibility index (Phi) is 4.12. The van der Waals surface area contributed by atoms with Crippen LogP contribution < -0.4 is 4.90 Å². The average molecular weight is 260 g/mol. The zero-order chi connectivity index (χ0) is 13.8. The predicted molar refractivity (Wildman–Crippen MR) is 74.0 cm³/mol. The van der Waals surface area contributed by atoms with E-state index >= 15 is 0 Å². The molecule has 1 aromatic heterocycles. The Morgan fingerprint density at radius 1 is 1.26 bits per heavy atom. The topological polar surface area (TPSA) is 36.4 Å². The van der Waals surface area contributed by atoms with Gasteiger partial charge in [-0.1, -0.05) is 19.1 Å². The van der Waals surface area contributed by atoms with E-state index in [0.717, 1.165) is 5.69 Å². The highest BCUT2D eigenvalue weighted by Gasteiger charge is 2.11. The molecule has 1 atom stereocenters. The van der Waals surface area contributed by atoms with Crippen molar-refractivity contribution in [1.29, 1.82) is 0 Å². The minimum Gasteiger partial charge on any atom is -0.387 e. The summed E-state index contributed by atoms with van der Waals surface area (Å²) in [7, 11) is 1.78. The number of aliphatic hydroxyl groups is 1. The smallest absolute Gasteiger partial charge is 0.146 e. The molecule has 0 radical (unpaired) electrons. The quantitative estimate of drug-likeness (QED) is 0.915. The lowest BCUT2D eigenvalue weighted by Crippen LogP contribution is -2.12. The highest BCUT2D eigenvalue weighted by Crippen LogP contribution is 2.26. The van der Waals surface area contributed by atoms with Gasteiger partial charge in [-0.2, -0.15) is 0 Å². The molecule has 2 aromatic rings. The zero-order valence-corrected chi connectivity index (χ0v) is 11.0. The second-order valence-electron chi connectivity index (χ2n) is 4.38. The first-order valence-corrected chi connectivity index (χ1v) is 6.25. The van der Waals surface area contributed by atoms with E-state index in [9.17, 15) is 9.50 Å². The molecule has 0 amide bonds. The summed E-state index contributed by atoms with van der Waals surface area (Å²) in [6.07, 6.45) is 1.71. The lowest BCUT2D eigenvalue weighted by atomic mass is 10.2. The van der Waals surface area contributed by atoms with Crippen molar-refractivity contribution in [2.75, 3.05) is 11.9 Å². The minimum absolute atomic E-state index is 0.275. The summed E-state index contributed by atoms with van der Waals surface area (Å²) in [5.41, 5.74) is 1.90. The first-order chi connectivity index (χ1) is 9.13. The lowest BCUT2D eigenvalue weighted by Gasteiger charge is -2.20. The Morgan fingerprint density at radius 2 is 2.00 bits per heavy atom. The van der Waals surface area contributed by atoms with Crippen LogP contribution in [0.15, 0.2) is 42.6 Å². The molecule has 0 aliphatic rings. The number of anilines is 2. The zero-order valence-electron chi connectivity index (χ0n) is 11.0. The van der Waals surface area contributed by atoms with Crippen LogP contribution in [-0.4, -0.2) is 17.1 Å². The molecule has 0 aliphatic heterocycles. The van der Waals surface area contributed by atoms with Crippen LogP contribution in [0.25, 0.3) is 0 Å². The van der Waals surface area contributed by atoms with Crippen molar-refractivity contribution in [2.45, 2.75) is 19.4 Å². The SMILES string of the molecule is CC[C@@H](O)c1ccc(N(C)c2ccccc2F)cn1. The highest BCUT2D eigenvalue weighted by molar-refractivity contribution is 5.62. The van der Waals surface area contributed by atoms with Crippen molar-refractivity contribution in [1.82, 2.24) is 4.98 Å². The van der Waals surface area contributed by atoms with Crippen molar-refractivity contribution < 1.29 is 9.50 Å². The molecular weight excluding hydrogens is 243 g/mol. The molecular formula is C15H17FN2O. The average Bonchev–Trinajstić information content (AvgIpc) is 2.46. The van der Waals surface area contributed by atoms with E-state index in [1.165, 1.54) is 6.07 Å². The molecule has 1 N–H and O–H groups in total. The number of aromatic nitrogens is 1. The van der Waals surface area contributed by atoms with Crippen LogP contribution in [0.1, 0.15) is 25.1 Å². The molecule has 1 heterocycles. The van der Waals surface area contributed by atoms with E-state index in [0.29, 0.717) is 17.8 Å². The summed E-state index contributed by atoms with van der Waals surface area (Å²) in [6, 6.07) is 10.2. The Morgan fingerprint density at radius 3 is 2.58 bits per heavy atom. The van der Waals surface area contributed by atoms with Crippen molar-refractivity contribution in [2.24, 2.45) is 0 Å². The van der Waals surface area contributed by atoms with Crippen LogP contribution in [0, 0.1) is 5.82 Å². The largest absolute Gasteiger partial charge is 0.387 e. The van der Waals surface area contributed by atoms with Gasteiger partial charge < -0.3 is 10.0 Å². The summed E-state index contributed by atoms with van der Waals surface area (Å²) >= 11 is 0. The first-order valence-electron chi connectivity index (χ1n) is 6.25. The Bertz CT molecular complexity index is 542. The fourth-order valence-corrected chi connectivity index (χ4v) is 1.86. The molecule has 100 valence electrons. The maximum atomic E-state index is 13.7. The lowest BCUT2D eigenvalue weighted by molar-refractivity contribution is 0.169. The van der Waals surface area contributed by atoms with Gasteiger partial charge in [-0.05, 0) is 30.7 Å². The normalized spacial score (nSPS) is 12.2. The molecule has 0 saturated carbocycles. The van der Waals surface area contributed by atoms with Crippen LogP contribution in [-0.2, 0) is 0 Å². The van der Waals surface area contributed by atoms with E-state index < -0.39 is 6.10 Å². The molecule has 19 heavy (non-hydrogen) atoms. The van der Waals surface area contributed by atoms with Gasteiger partial charge in [-0.25, -0.2) is 4.39 Å². The van der Waals surface area contributed by atoms with Gasteiger partial charge in [0.05, 0.1) is 29.4 Å². The van der Waals surface area contributed by atoms with Gasteiger partial charge in [0.15, 0.2) is 0 Å². The standard InChI is InChI=1S/C15H17FN2O/c1-3-15(19)13-9-8-11(10-17-13)18(2)14-7-5-4-6-12(14)16/h4-10,15,19H,3H2,1-2H3/t15-/m1/s1. The highest BCUT2D eigenvalue weighted by atomic mass is 19.1. The number of rotatable bonds is 4. The number of halogens is 1. The maximum absolute atomic E-state index is 13.7. The van der Waals surface area contributed by atoms with Crippen molar-refractivity contribution in [3.63, 3.8) is 0 Å². The van der Waals surface area contributed by atoms with Gasteiger partial charge in [0.1, 0.15) is 5.82 Å². The number of benzene rings is 1. The summed E-state index contributed by atoms with van der Waals surface area (Å²) in [5.74, 6) is -0.275. The van der Waals surface area contributed by atoms with Crippen LogP contribution in [0.3, 0.4) is 0 Å². The van der Waals surface area contributed by atoms with Crippen LogP contribution in [0.5, 0.6) is 0 Å². The van der Waals surface area contributed by atoms with Gasteiger partial charge in [-0.15, -0.1) is 0 Å². The predicted octanol–water partition coefficient (Wildman–Crippen LogP) is 3.43. The van der Waals surface area contributed by atoms with Gasteiger partial charge >= 0.3 is 0 Å². The molecule has 0 aliphatic carbocycles. The first kappa shape index (κ1) is 13.5. The minimum atomic E-state index is -0.548. The number of hydrogen-bond donors (Lipinski definition) is 1. The fourth-order valence-electron chi connectivity index (χ4n) is 1.86. The molecule has 1 aromatic carbocycles. The summed E-state index contributed by atoms with van der Waals surface area (Å²) in [5, 5.41) is 9.68. The number of hydrogen-bond acceptors (Lipinski definition) is 3. The fraction of sp³-hybridized carbons (Fsp3) is 0.267. The van der Waals surface area contributed by atoms with Crippen LogP contribution >= 0.6 is 0 Å². The van der Waals surface area contributed by atoms with Crippen molar-refractivity contribution in [3.05, 3.63) is 54.1 Å². The summed E-state index contributed by atoms with van der Waals surface area (Å²) < 4.78 is 13.7. The molecule has 0 spiro atoms. The van der Waals surface area contributed by atoms with Gasteiger partial charge in [0.2, 0.25) is 0 Å². The van der Waals surface area contributed by atoms with E-state index in [2.05, 4.69) is 4.98 Å². The van der Waals surface area contributed by atoms with Gasteiger partial charge in [0, 0.05) is 7.05 Å². The van der Waals surface area contributed by atoms with Crippen molar-refractivity contribution >= 4 is 11.4 Å². The van der Waals surface area contributed by atoms with Gasteiger partial charge in [0.25, 0.3) is 0 Å². The number of aliphatic hydroxyl groups excluding tert-OH is 1. The summed E-state index contributed by atoms with van der Waals surface area (Å²) in [4.78, 5) is 5.94. The molecule has 0 bridgehead atoms. The van der Waals surface area contributed by atoms with E-state index in [-0.39, 0.29) is 5.82 Å². The third-order valence-electron chi connectivity index (χ3n) is 3.10. The van der Waals surface area contributed by atoms with E-state index in [1.807, 2.05) is 13.0 Å². The molecule has 0 fully saturated rings. The maximum Gasteiger partial charge on any atom is 0.146 e. The molecule has 3 nitrogen and oxygen atoms in total. The van der Waals surface area contributed by atoms with Gasteiger partial charge in [-0.3, -0.25) is 4.98 Å². The second-order valence-corrected chi connectivity index (χ2v) is 4.38. The number of pyridine rings is 1. The van der Waals surface area contributed by atoms with Crippen molar-refractivity contribution in [3.8, 4) is 0 Å². The monoisotopic (exact) mass is 260 g/mol. The number of para-hydroxylation sites is 1. The van der Waals surface area contributed by atoms with Crippen LogP contribution in [0.4, 0.5) is 15.8 Å². The second kappa shape index (κ2) is 5.80. The number of nitrogens with zero attached hydrogens (tertiary/aromatic N) is 2. The third-order valence-corrected chi connectivity index (χ3v) is 3.10. The van der Waals surface area contributed by atoms with Crippen LogP contribution in [0.2, 0.25) is 0 Å². The van der Waals surface area contributed by atoms with E-state index in [4.69, 9.17) is 0 Å². The Hall–Kier alpha value is -1.94. The Balaban J connectivity index is 2.25. The molecule has 0 unspecified atom stereocenters. The third kappa shape index (κ3) is 2.90. The molecule has 0 saturated heterocycles.